The van der Waals surface area contributed by atoms with Crippen LogP contribution in [0, 0.1) is 5.92 Å². The monoisotopic (exact) mass is 170 g/mol. The maximum Gasteiger partial charge on any atom is 0.130 e. The molecule has 0 bridgehead atoms. The first-order valence-electron chi connectivity index (χ1n) is 3.53. The maximum atomic E-state index is 9.22. The molecule has 0 fully saturated rings. The van der Waals surface area contributed by atoms with E-state index in [1.807, 2.05) is 13.0 Å². The van der Waals surface area contributed by atoms with E-state index in [-0.39, 0.29) is 11.7 Å². The first-order valence-corrected chi connectivity index (χ1v) is 3.91. The minimum Gasteiger partial charge on any atom is -0.507 e. The van der Waals surface area contributed by atoms with Gasteiger partial charge in [-0.1, -0.05) is 29.8 Å². The fraction of sp³-hybridized carbons (Fsp3) is 0.333. The zero-order valence-corrected chi connectivity index (χ0v) is 7.23. The summed E-state index contributed by atoms with van der Waals surface area (Å²) in [6, 6.07) is 0. The topological polar surface area (TPSA) is 20.2 Å². The molecule has 0 amide bonds. The van der Waals surface area contributed by atoms with Crippen LogP contribution in [0.2, 0.25) is 0 Å². The van der Waals surface area contributed by atoms with Gasteiger partial charge in [-0.15, -0.1) is 0 Å². The lowest BCUT2D eigenvalue weighted by Gasteiger charge is -2.15. The van der Waals surface area contributed by atoms with Gasteiger partial charge in [0.15, 0.2) is 0 Å². The molecule has 1 aliphatic carbocycles. The van der Waals surface area contributed by atoms with E-state index >= 15 is 0 Å². The van der Waals surface area contributed by atoms with Gasteiger partial charge in [-0.05, 0) is 19.4 Å². The predicted octanol–water partition coefficient (Wildman–Crippen LogP) is 3.15. The third-order valence-electron chi connectivity index (χ3n) is 1.79. The lowest BCUT2D eigenvalue weighted by molar-refractivity contribution is 0.418. The van der Waals surface area contributed by atoms with Gasteiger partial charge >= 0.3 is 0 Å². The molecule has 1 atom stereocenters. The number of rotatable bonds is 1. The number of halogens is 1. The summed E-state index contributed by atoms with van der Waals surface area (Å²) in [7, 11) is 0. The highest BCUT2D eigenvalue weighted by molar-refractivity contribution is 6.31. The van der Waals surface area contributed by atoms with Crippen LogP contribution >= 0.6 is 11.6 Å². The summed E-state index contributed by atoms with van der Waals surface area (Å²) >= 11 is 5.65. The van der Waals surface area contributed by atoms with Gasteiger partial charge in [0.25, 0.3) is 0 Å². The van der Waals surface area contributed by atoms with Crippen LogP contribution in [0.15, 0.2) is 35.1 Å². The van der Waals surface area contributed by atoms with Gasteiger partial charge in [0.05, 0.1) is 5.03 Å². The SMILES string of the molecule is C=C(C)C1C=C(O)C(Cl)=CC1. The smallest absolute Gasteiger partial charge is 0.130 e. The van der Waals surface area contributed by atoms with E-state index in [0.29, 0.717) is 5.03 Å². The van der Waals surface area contributed by atoms with E-state index in [9.17, 15) is 5.11 Å². The molecule has 0 radical (unpaired) electrons. The minimum absolute atomic E-state index is 0.172. The zero-order chi connectivity index (χ0) is 8.43. The maximum absolute atomic E-state index is 9.22. The van der Waals surface area contributed by atoms with E-state index < -0.39 is 0 Å². The normalized spacial score (nSPS) is 24.0. The van der Waals surface area contributed by atoms with Gasteiger partial charge in [-0.2, -0.15) is 0 Å². The van der Waals surface area contributed by atoms with Crippen molar-refractivity contribution in [2.24, 2.45) is 5.92 Å². The van der Waals surface area contributed by atoms with Gasteiger partial charge in [0, 0.05) is 5.92 Å². The van der Waals surface area contributed by atoms with Crippen LogP contribution in [0.1, 0.15) is 13.3 Å². The van der Waals surface area contributed by atoms with Crippen molar-refractivity contribution >= 4 is 11.6 Å². The van der Waals surface area contributed by atoms with Crippen molar-refractivity contribution in [3.8, 4) is 0 Å². The van der Waals surface area contributed by atoms with Crippen LogP contribution in [-0.2, 0) is 0 Å². The Labute approximate surface area is 71.7 Å². The molecule has 2 heteroatoms. The molecule has 0 heterocycles. The molecule has 0 saturated carbocycles. The fourth-order valence-corrected chi connectivity index (χ4v) is 1.17. The van der Waals surface area contributed by atoms with Gasteiger partial charge in [-0.25, -0.2) is 0 Å². The summed E-state index contributed by atoms with van der Waals surface area (Å²) < 4.78 is 0. The standard InChI is InChI=1S/C9H11ClO/c1-6(2)7-3-4-8(10)9(11)5-7/h4-5,7,11H,1,3H2,2H3. The molecule has 11 heavy (non-hydrogen) atoms. The highest BCUT2D eigenvalue weighted by atomic mass is 35.5. The molecular weight excluding hydrogens is 160 g/mol. The van der Waals surface area contributed by atoms with Crippen molar-refractivity contribution in [3.05, 3.63) is 35.1 Å². The molecule has 1 rings (SSSR count). The number of hydrogen-bond donors (Lipinski definition) is 1. The Balaban J connectivity index is 2.77. The van der Waals surface area contributed by atoms with Crippen molar-refractivity contribution in [2.45, 2.75) is 13.3 Å². The van der Waals surface area contributed by atoms with Crippen molar-refractivity contribution in [2.75, 3.05) is 0 Å². The summed E-state index contributed by atoms with van der Waals surface area (Å²) in [5.74, 6) is 0.420. The molecule has 1 N–H and O–H groups in total. The summed E-state index contributed by atoms with van der Waals surface area (Å²) in [5.41, 5.74) is 1.05. The quantitative estimate of drug-likeness (QED) is 0.600. The van der Waals surface area contributed by atoms with Gasteiger partial charge in [0.1, 0.15) is 5.76 Å². The molecule has 60 valence electrons. The molecule has 1 aliphatic rings. The van der Waals surface area contributed by atoms with E-state index in [4.69, 9.17) is 11.6 Å². The Kier molecular flexibility index (Phi) is 2.40. The van der Waals surface area contributed by atoms with Crippen molar-refractivity contribution in [3.63, 3.8) is 0 Å². The van der Waals surface area contributed by atoms with Crippen molar-refractivity contribution < 1.29 is 5.11 Å². The molecule has 1 nitrogen and oxygen atoms in total. The molecule has 0 aromatic carbocycles. The van der Waals surface area contributed by atoms with Crippen LogP contribution in [0.3, 0.4) is 0 Å². The first kappa shape index (κ1) is 8.41. The van der Waals surface area contributed by atoms with Crippen LogP contribution in [0.25, 0.3) is 0 Å². The summed E-state index contributed by atoms with van der Waals surface area (Å²) in [6.07, 6.45) is 4.40. The summed E-state index contributed by atoms with van der Waals surface area (Å²) in [6.45, 7) is 5.76. The van der Waals surface area contributed by atoms with E-state index in [1.54, 1.807) is 6.08 Å². The third-order valence-corrected chi connectivity index (χ3v) is 2.14. The zero-order valence-electron chi connectivity index (χ0n) is 6.47. The number of aliphatic hydroxyl groups excluding tert-OH is 1. The molecule has 0 spiro atoms. The number of allylic oxidation sites excluding steroid dienone is 4. The Bertz CT molecular complexity index is 238. The number of hydrogen-bond acceptors (Lipinski definition) is 1. The number of aliphatic hydroxyl groups is 1. The van der Waals surface area contributed by atoms with E-state index in [2.05, 4.69) is 6.58 Å². The Morgan fingerprint density at radius 3 is 2.91 bits per heavy atom. The van der Waals surface area contributed by atoms with Crippen LogP contribution in [-0.4, -0.2) is 5.11 Å². The molecule has 0 saturated heterocycles. The molecule has 0 aromatic rings. The van der Waals surface area contributed by atoms with Crippen molar-refractivity contribution in [1.29, 1.82) is 0 Å². The molecule has 0 aromatic heterocycles. The molecule has 0 aliphatic heterocycles. The Morgan fingerprint density at radius 2 is 2.45 bits per heavy atom. The summed E-state index contributed by atoms with van der Waals surface area (Å²) in [5, 5.41) is 9.66. The van der Waals surface area contributed by atoms with E-state index in [0.717, 1.165) is 12.0 Å². The lowest BCUT2D eigenvalue weighted by atomic mass is 9.94. The average molecular weight is 171 g/mol. The molecular formula is C9H11ClO. The highest BCUT2D eigenvalue weighted by Gasteiger charge is 2.13. The first-order chi connectivity index (χ1) is 5.11. The minimum atomic E-state index is 0.172. The second-order valence-electron chi connectivity index (χ2n) is 2.79. The Hall–Kier alpha value is -0.690. The van der Waals surface area contributed by atoms with Gasteiger partial charge < -0.3 is 5.11 Å². The second-order valence-corrected chi connectivity index (χ2v) is 3.20. The Morgan fingerprint density at radius 1 is 1.82 bits per heavy atom. The van der Waals surface area contributed by atoms with Crippen molar-refractivity contribution in [1.82, 2.24) is 0 Å². The predicted molar refractivity (Wildman–Crippen MR) is 47.6 cm³/mol. The fourth-order valence-electron chi connectivity index (χ4n) is 1.02. The van der Waals surface area contributed by atoms with Gasteiger partial charge in [0.2, 0.25) is 0 Å². The van der Waals surface area contributed by atoms with E-state index in [1.165, 1.54) is 0 Å². The lowest BCUT2D eigenvalue weighted by Crippen LogP contribution is -2.02. The second kappa shape index (κ2) is 3.14. The molecule has 1 unspecified atom stereocenters. The van der Waals surface area contributed by atoms with Gasteiger partial charge in [-0.3, -0.25) is 0 Å². The summed E-state index contributed by atoms with van der Waals surface area (Å²) in [4.78, 5) is 0. The van der Waals surface area contributed by atoms with Crippen LogP contribution < -0.4 is 0 Å². The van der Waals surface area contributed by atoms with Crippen LogP contribution in [0.4, 0.5) is 0 Å². The average Bonchev–Trinajstić information content (AvgIpc) is 1.94. The third kappa shape index (κ3) is 1.87. The van der Waals surface area contributed by atoms with Crippen LogP contribution in [0.5, 0.6) is 0 Å². The largest absolute Gasteiger partial charge is 0.507 e. The highest BCUT2D eigenvalue weighted by Crippen LogP contribution is 2.27.